The number of rotatable bonds is 6. The van der Waals surface area contributed by atoms with Crippen molar-refractivity contribution in [1.82, 2.24) is 5.32 Å². The first kappa shape index (κ1) is 20.5. The Balaban J connectivity index is 1.58. The fourth-order valence-electron chi connectivity index (χ4n) is 3.89. The third-order valence-electron chi connectivity index (χ3n) is 5.46. The van der Waals surface area contributed by atoms with Crippen LogP contribution in [0.15, 0.2) is 72.8 Å². The second kappa shape index (κ2) is 8.92. The van der Waals surface area contributed by atoms with Crippen LogP contribution in [0.1, 0.15) is 21.5 Å². The summed E-state index contributed by atoms with van der Waals surface area (Å²) in [6.45, 7) is 0.263. The second-order valence-electron chi connectivity index (χ2n) is 7.29. The Morgan fingerprint density at radius 3 is 2.45 bits per heavy atom. The lowest BCUT2D eigenvalue weighted by molar-refractivity contribution is -0.122. The summed E-state index contributed by atoms with van der Waals surface area (Å²) in [6.07, 6.45) is 0.468. The standard InChI is InChI=1S/C25H24N2O4/c1-30-20-12-13-23(31-2)19(14-20)16-26-24(28)22-15-18-10-6-7-11-21(18)27(22)25(29)17-8-4-3-5-9-17/h3-14,22H,15-16H2,1-2H3,(H,26,28)/t22-/m0/s1. The molecule has 0 spiro atoms. The molecule has 0 saturated carbocycles. The van der Waals surface area contributed by atoms with Crippen LogP contribution in [0.5, 0.6) is 11.5 Å². The topological polar surface area (TPSA) is 67.9 Å². The fourth-order valence-corrected chi connectivity index (χ4v) is 3.89. The summed E-state index contributed by atoms with van der Waals surface area (Å²) in [6, 6.07) is 21.5. The van der Waals surface area contributed by atoms with Gasteiger partial charge in [0.25, 0.3) is 5.91 Å². The number of anilines is 1. The molecule has 4 rings (SSSR count). The molecule has 158 valence electrons. The zero-order chi connectivity index (χ0) is 21.8. The van der Waals surface area contributed by atoms with Gasteiger partial charge in [-0.15, -0.1) is 0 Å². The Morgan fingerprint density at radius 2 is 1.71 bits per heavy atom. The normalized spacial score (nSPS) is 14.6. The summed E-state index contributed by atoms with van der Waals surface area (Å²) in [4.78, 5) is 28.1. The van der Waals surface area contributed by atoms with E-state index in [2.05, 4.69) is 5.32 Å². The van der Waals surface area contributed by atoms with E-state index < -0.39 is 6.04 Å². The van der Waals surface area contributed by atoms with Crippen LogP contribution in [0.25, 0.3) is 0 Å². The Morgan fingerprint density at radius 1 is 0.968 bits per heavy atom. The molecule has 3 aromatic rings. The zero-order valence-corrected chi connectivity index (χ0v) is 17.5. The first-order chi connectivity index (χ1) is 15.1. The van der Waals surface area contributed by atoms with Crippen LogP contribution in [-0.4, -0.2) is 32.1 Å². The number of nitrogens with one attached hydrogen (secondary N) is 1. The molecule has 1 aliphatic rings. The van der Waals surface area contributed by atoms with Crippen molar-refractivity contribution in [3.05, 3.63) is 89.5 Å². The van der Waals surface area contributed by atoms with E-state index in [0.717, 1.165) is 16.8 Å². The minimum Gasteiger partial charge on any atom is -0.497 e. The summed E-state index contributed by atoms with van der Waals surface area (Å²) in [5, 5.41) is 2.97. The van der Waals surface area contributed by atoms with E-state index in [1.165, 1.54) is 0 Å². The van der Waals surface area contributed by atoms with Crippen LogP contribution >= 0.6 is 0 Å². The average molecular weight is 416 g/mol. The lowest BCUT2D eigenvalue weighted by atomic mass is 10.1. The van der Waals surface area contributed by atoms with Gasteiger partial charge in [-0.05, 0) is 42.0 Å². The monoisotopic (exact) mass is 416 g/mol. The maximum atomic E-state index is 13.3. The molecule has 1 atom stereocenters. The zero-order valence-electron chi connectivity index (χ0n) is 17.5. The predicted octanol–water partition coefficient (Wildman–Crippen LogP) is 3.59. The van der Waals surface area contributed by atoms with Gasteiger partial charge < -0.3 is 14.8 Å². The van der Waals surface area contributed by atoms with E-state index in [4.69, 9.17) is 9.47 Å². The predicted molar refractivity (Wildman–Crippen MR) is 119 cm³/mol. The van der Waals surface area contributed by atoms with E-state index in [1.807, 2.05) is 48.5 Å². The molecule has 0 saturated heterocycles. The van der Waals surface area contributed by atoms with Gasteiger partial charge in [0.05, 0.1) is 14.2 Å². The molecule has 1 heterocycles. The molecule has 0 aromatic heterocycles. The molecule has 0 aliphatic carbocycles. The molecule has 6 heteroatoms. The highest BCUT2D eigenvalue weighted by Crippen LogP contribution is 2.33. The molecule has 1 N–H and O–H groups in total. The number of nitrogens with zero attached hydrogens (tertiary/aromatic N) is 1. The lowest BCUT2D eigenvalue weighted by Gasteiger charge is -2.25. The molecule has 0 bridgehead atoms. The van der Waals surface area contributed by atoms with Crippen LogP contribution < -0.4 is 19.7 Å². The molecule has 6 nitrogen and oxygen atoms in total. The Hall–Kier alpha value is -3.80. The van der Waals surface area contributed by atoms with E-state index >= 15 is 0 Å². The minimum atomic E-state index is -0.623. The number of para-hydroxylation sites is 1. The van der Waals surface area contributed by atoms with Crippen LogP contribution in [0.2, 0.25) is 0 Å². The maximum Gasteiger partial charge on any atom is 0.259 e. The number of carbonyl (C=O) groups is 2. The smallest absolute Gasteiger partial charge is 0.259 e. The number of hydrogen-bond acceptors (Lipinski definition) is 4. The first-order valence-electron chi connectivity index (χ1n) is 10.1. The molecule has 31 heavy (non-hydrogen) atoms. The number of amides is 2. The van der Waals surface area contributed by atoms with Crippen LogP contribution in [0, 0.1) is 0 Å². The van der Waals surface area contributed by atoms with Crippen molar-refractivity contribution in [2.75, 3.05) is 19.1 Å². The number of methoxy groups -OCH3 is 2. The minimum absolute atomic E-state index is 0.190. The van der Waals surface area contributed by atoms with Gasteiger partial charge in [-0.2, -0.15) is 0 Å². The van der Waals surface area contributed by atoms with Crippen molar-refractivity contribution < 1.29 is 19.1 Å². The molecule has 0 unspecified atom stereocenters. The van der Waals surface area contributed by atoms with Crippen molar-refractivity contribution in [2.45, 2.75) is 19.0 Å². The largest absolute Gasteiger partial charge is 0.497 e. The summed E-state index contributed by atoms with van der Waals surface area (Å²) < 4.78 is 10.7. The van der Waals surface area contributed by atoms with Gasteiger partial charge in [0.15, 0.2) is 0 Å². The Kier molecular flexibility index (Phi) is 5.89. The Bertz CT molecular complexity index is 1100. The van der Waals surface area contributed by atoms with Gasteiger partial charge in [0, 0.05) is 29.8 Å². The fraction of sp³-hybridized carbons (Fsp3) is 0.200. The molecule has 2 amide bonds. The lowest BCUT2D eigenvalue weighted by Crippen LogP contribution is -2.48. The quantitative estimate of drug-likeness (QED) is 0.667. The Labute approximate surface area is 181 Å². The van der Waals surface area contributed by atoms with Crippen molar-refractivity contribution in [1.29, 1.82) is 0 Å². The van der Waals surface area contributed by atoms with Gasteiger partial charge in [-0.3, -0.25) is 14.5 Å². The highest BCUT2D eigenvalue weighted by Gasteiger charge is 2.38. The van der Waals surface area contributed by atoms with Gasteiger partial charge in [-0.1, -0.05) is 36.4 Å². The summed E-state index contributed by atoms with van der Waals surface area (Å²) in [7, 11) is 3.17. The number of carbonyl (C=O) groups excluding carboxylic acids is 2. The molecule has 0 radical (unpaired) electrons. The molecule has 3 aromatic carbocycles. The second-order valence-corrected chi connectivity index (χ2v) is 7.29. The van der Waals surface area contributed by atoms with E-state index in [-0.39, 0.29) is 18.4 Å². The van der Waals surface area contributed by atoms with Crippen molar-refractivity contribution in [2.24, 2.45) is 0 Å². The number of ether oxygens (including phenoxy) is 2. The van der Waals surface area contributed by atoms with Crippen LogP contribution in [0.3, 0.4) is 0 Å². The number of benzene rings is 3. The van der Waals surface area contributed by atoms with Crippen molar-refractivity contribution >= 4 is 17.5 Å². The highest BCUT2D eigenvalue weighted by molar-refractivity contribution is 6.11. The van der Waals surface area contributed by atoms with E-state index in [9.17, 15) is 9.59 Å². The van der Waals surface area contributed by atoms with Gasteiger partial charge in [0.2, 0.25) is 5.91 Å². The van der Waals surface area contributed by atoms with Crippen molar-refractivity contribution in [3.63, 3.8) is 0 Å². The van der Waals surface area contributed by atoms with Gasteiger partial charge in [-0.25, -0.2) is 0 Å². The van der Waals surface area contributed by atoms with Gasteiger partial charge >= 0.3 is 0 Å². The van der Waals surface area contributed by atoms with E-state index in [1.54, 1.807) is 43.4 Å². The van der Waals surface area contributed by atoms with E-state index in [0.29, 0.717) is 23.5 Å². The SMILES string of the molecule is COc1ccc(OC)c(CNC(=O)[C@@H]2Cc3ccccc3N2C(=O)c2ccccc2)c1. The van der Waals surface area contributed by atoms with Crippen LogP contribution in [0.4, 0.5) is 5.69 Å². The molecule has 1 aliphatic heterocycles. The summed E-state index contributed by atoms with van der Waals surface area (Å²) in [5.41, 5.74) is 3.10. The third kappa shape index (κ3) is 4.10. The molecular weight excluding hydrogens is 392 g/mol. The number of hydrogen-bond donors (Lipinski definition) is 1. The van der Waals surface area contributed by atoms with Crippen LogP contribution in [-0.2, 0) is 17.8 Å². The summed E-state index contributed by atoms with van der Waals surface area (Å²) in [5.74, 6) is 0.933. The highest BCUT2D eigenvalue weighted by atomic mass is 16.5. The van der Waals surface area contributed by atoms with Crippen molar-refractivity contribution in [3.8, 4) is 11.5 Å². The maximum absolute atomic E-state index is 13.3. The molecule has 0 fully saturated rings. The average Bonchev–Trinajstić information content (AvgIpc) is 3.22. The molecular formula is C25H24N2O4. The third-order valence-corrected chi connectivity index (χ3v) is 5.46. The summed E-state index contributed by atoms with van der Waals surface area (Å²) >= 11 is 0. The number of fused-ring (bicyclic) bond motifs is 1. The first-order valence-corrected chi connectivity index (χ1v) is 10.1. The van der Waals surface area contributed by atoms with Gasteiger partial charge in [0.1, 0.15) is 17.5 Å².